The van der Waals surface area contributed by atoms with Crippen molar-refractivity contribution in [2.45, 2.75) is 89.8 Å². The van der Waals surface area contributed by atoms with E-state index in [1.165, 1.54) is 11.1 Å². The Morgan fingerprint density at radius 3 is 1.55 bits per heavy atom. The van der Waals surface area contributed by atoms with E-state index in [-0.39, 0.29) is 5.92 Å². The van der Waals surface area contributed by atoms with Gasteiger partial charge in [0, 0.05) is 0 Å². The van der Waals surface area contributed by atoms with E-state index in [1.54, 1.807) is 0 Å². The Kier molecular flexibility index (Phi) is 7.67. The van der Waals surface area contributed by atoms with Crippen LogP contribution in [0.25, 0.3) is 0 Å². The predicted molar refractivity (Wildman–Crippen MR) is 129 cm³/mol. The van der Waals surface area contributed by atoms with Gasteiger partial charge in [-0.05, 0) is 90.2 Å². The largest absolute Gasteiger partial charge is 0.492 e. The number of benzene rings is 2. The first-order valence-electron chi connectivity index (χ1n) is 11.8. The molecule has 1 fully saturated rings. The summed E-state index contributed by atoms with van der Waals surface area (Å²) in [7, 11) is -0.615. The van der Waals surface area contributed by atoms with E-state index in [9.17, 15) is 5.11 Å². The van der Waals surface area contributed by atoms with Crippen molar-refractivity contribution >= 4 is 7.12 Å². The van der Waals surface area contributed by atoms with E-state index in [0.717, 1.165) is 38.5 Å². The first kappa shape index (κ1) is 24.0. The molecule has 0 unspecified atom stereocenters. The van der Waals surface area contributed by atoms with Gasteiger partial charge in [-0.15, -0.1) is 0 Å². The fraction of sp³-hybridized carbons (Fsp3) is 0.556. The van der Waals surface area contributed by atoms with Crippen molar-refractivity contribution in [1.29, 1.82) is 0 Å². The highest BCUT2D eigenvalue weighted by Gasteiger charge is 2.59. The molecule has 1 atom stereocenters. The molecule has 0 radical (unpaired) electrons. The topological polar surface area (TPSA) is 38.7 Å². The molecule has 0 bridgehead atoms. The maximum atomic E-state index is 11.7. The van der Waals surface area contributed by atoms with Gasteiger partial charge < -0.3 is 14.4 Å². The van der Waals surface area contributed by atoms with Gasteiger partial charge in [0.15, 0.2) is 0 Å². The highest BCUT2D eigenvalue weighted by atomic mass is 16.7. The molecule has 168 valence electrons. The molecule has 0 spiro atoms. The molecular weight excluding hydrogens is 383 g/mol. The zero-order chi connectivity index (χ0) is 22.5. The summed E-state index contributed by atoms with van der Waals surface area (Å²) in [5.74, 6) is 0.106. The second kappa shape index (κ2) is 9.89. The number of rotatable bonds is 10. The van der Waals surface area contributed by atoms with Gasteiger partial charge in [0.05, 0.1) is 11.2 Å². The zero-order valence-corrected chi connectivity index (χ0v) is 19.9. The fourth-order valence-corrected chi connectivity index (χ4v) is 4.40. The number of aryl methyl sites for hydroxylation is 2. The van der Waals surface area contributed by atoms with Crippen LogP contribution in [0.4, 0.5) is 0 Å². The highest BCUT2D eigenvalue weighted by Crippen LogP contribution is 2.43. The van der Waals surface area contributed by atoms with Gasteiger partial charge in [0.2, 0.25) is 0 Å². The van der Waals surface area contributed by atoms with Gasteiger partial charge in [-0.3, -0.25) is 0 Å². The van der Waals surface area contributed by atoms with E-state index in [1.807, 2.05) is 34.6 Å². The van der Waals surface area contributed by atoms with Crippen LogP contribution in [0.15, 0.2) is 60.7 Å². The van der Waals surface area contributed by atoms with Crippen molar-refractivity contribution < 1.29 is 14.4 Å². The van der Waals surface area contributed by atoms with Crippen molar-refractivity contribution in [3.8, 4) is 0 Å². The van der Waals surface area contributed by atoms with E-state index < -0.39 is 23.8 Å². The van der Waals surface area contributed by atoms with Crippen LogP contribution in [0.2, 0.25) is 0 Å². The quantitative estimate of drug-likeness (QED) is 0.475. The number of aliphatic hydroxyl groups is 1. The summed E-state index contributed by atoms with van der Waals surface area (Å²) in [6.45, 7) is 10.1. The Labute approximate surface area is 189 Å². The molecule has 2 aromatic rings. The molecule has 2 aromatic carbocycles. The highest BCUT2D eigenvalue weighted by molar-refractivity contribution is 6.49. The molecule has 1 aliphatic rings. The van der Waals surface area contributed by atoms with Crippen LogP contribution in [-0.2, 0) is 22.2 Å². The Hall–Kier alpha value is -1.62. The first-order valence-corrected chi connectivity index (χ1v) is 11.8. The molecule has 0 amide bonds. The third-order valence-electron chi connectivity index (χ3n) is 7.28. The van der Waals surface area contributed by atoms with Crippen LogP contribution in [0.3, 0.4) is 0 Å². The van der Waals surface area contributed by atoms with Crippen LogP contribution in [0.1, 0.15) is 71.4 Å². The predicted octanol–water partition coefficient (Wildman–Crippen LogP) is 6.03. The molecule has 3 rings (SSSR count). The smallest absolute Gasteiger partial charge is 0.401 e. The zero-order valence-electron chi connectivity index (χ0n) is 19.9. The lowest BCUT2D eigenvalue weighted by Crippen LogP contribution is -2.51. The van der Waals surface area contributed by atoms with Crippen LogP contribution >= 0.6 is 0 Å². The molecule has 4 heteroatoms. The summed E-state index contributed by atoms with van der Waals surface area (Å²) in [5.41, 5.74) is 0.764. The van der Waals surface area contributed by atoms with Crippen LogP contribution < -0.4 is 0 Å². The van der Waals surface area contributed by atoms with Gasteiger partial charge in [-0.25, -0.2) is 0 Å². The molecule has 1 aliphatic heterocycles. The molecule has 0 saturated carbocycles. The molecule has 31 heavy (non-hydrogen) atoms. The summed E-state index contributed by atoms with van der Waals surface area (Å²) < 4.78 is 12.5. The van der Waals surface area contributed by atoms with Crippen LogP contribution in [0, 0.1) is 5.92 Å². The Morgan fingerprint density at radius 1 is 0.774 bits per heavy atom. The third kappa shape index (κ3) is 6.00. The Balaban J connectivity index is 1.67. The molecule has 1 heterocycles. The molecule has 1 saturated heterocycles. The Morgan fingerprint density at radius 2 is 1.16 bits per heavy atom. The molecular formula is C27H39BO3. The average molecular weight is 422 g/mol. The standard InChI is InChI=1S/C27H39BO3/c1-25(2)26(3,4)31-28(30-25)27(5,29)24(20-12-18-22-14-8-6-9-15-22)21-13-19-23-16-10-7-11-17-23/h6-11,14-17,24,29H,12-13,18-21H2,1-5H3/t27-/m0/s1. The number of hydrogen-bond donors (Lipinski definition) is 1. The average Bonchev–Trinajstić information content (AvgIpc) is 2.96. The molecule has 0 aliphatic carbocycles. The van der Waals surface area contributed by atoms with Gasteiger partial charge in [0.1, 0.15) is 5.50 Å². The third-order valence-corrected chi connectivity index (χ3v) is 7.28. The van der Waals surface area contributed by atoms with Crippen molar-refractivity contribution in [2.24, 2.45) is 5.92 Å². The monoisotopic (exact) mass is 422 g/mol. The van der Waals surface area contributed by atoms with Crippen LogP contribution in [-0.4, -0.2) is 28.9 Å². The van der Waals surface area contributed by atoms with E-state index in [0.29, 0.717) is 0 Å². The number of hydrogen-bond acceptors (Lipinski definition) is 3. The molecule has 1 N–H and O–H groups in total. The minimum Gasteiger partial charge on any atom is -0.401 e. The van der Waals surface area contributed by atoms with Gasteiger partial charge in [-0.1, -0.05) is 60.7 Å². The van der Waals surface area contributed by atoms with Gasteiger partial charge in [0.25, 0.3) is 0 Å². The van der Waals surface area contributed by atoms with E-state index >= 15 is 0 Å². The van der Waals surface area contributed by atoms with Gasteiger partial charge >= 0.3 is 7.12 Å². The first-order chi connectivity index (χ1) is 14.6. The minimum atomic E-state index is -1.04. The summed E-state index contributed by atoms with van der Waals surface area (Å²) in [6, 6.07) is 21.2. The van der Waals surface area contributed by atoms with Crippen molar-refractivity contribution in [1.82, 2.24) is 0 Å². The lowest BCUT2D eigenvalue weighted by molar-refractivity contribution is 0.00578. The normalized spacial score (nSPS) is 19.5. The lowest BCUT2D eigenvalue weighted by Gasteiger charge is -2.35. The van der Waals surface area contributed by atoms with Gasteiger partial charge in [-0.2, -0.15) is 0 Å². The molecule has 0 aromatic heterocycles. The summed E-state index contributed by atoms with van der Waals surface area (Å²) >= 11 is 0. The van der Waals surface area contributed by atoms with Crippen molar-refractivity contribution in [3.63, 3.8) is 0 Å². The lowest BCUT2D eigenvalue weighted by atomic mass is 9.59. The maximum absolute atomic E-state index is 11.7. The maximum Gasteiger partial charge on any atom is 0.492 e. The van der Waals surface area contributed by atoms with Crippen molar-refractivity contribution in [3.05, 3.63) is 71.8 Å². The summed E-state index contributed by atoms with van der Waals surface area (Å²) in [6.07, 6.45) is 6.01. The summed E-state index contributed by atoms with van der Waals surface area (Å²) in [5, 5.41) is 11.7. The Bertz CT molecular complexity index is 740. The second-order valence-electron chi connectivity index (χ2n) is 10.3. The summed E-state index contributed by atoms with van der Waals surface area (Å²) in [4.78, 5) is 0. The second-order valence-corrected chi connectivity index (χ2v) is 10.3. The SMILES string of the molecule is CC1(C)OB([C@@](C)(O)C(CCCc2ccccc2)CCCc2ccccc2)OC1(C)C. The fourth-order valence-electron chi connectivity index (χ4n) is 4.40. The van der Waals surface area contributed by atoms with Crippen LogP contribution in [0.5, 0.6) is 0 Å². The molecule has 3 nitrogen and oxygen atoms in total. The van der Waals surface area contributed by atoms with Crippen molar-refractivity contribution in [2.75, 3.05) is 0 Å². The minimum absolute atomic E-state index is 0.106. The van der Waals surface area contributed by atoms with E-state index in [4.69, 9.17) is 9.31 Å². The van der Waals surface area contributed by atoms with E-state index in [2.05, 4.69) is 60.7 Å².